The molecule has 2 aliphatic heterocycles. The summed E-state index contributed by atoms with van der Waals surface area (Å²) >= 11 is 0. The molecule has 2 N–H and O–H groups in total. The second kappa shape index (κ2) is 7.57. The molecule has 1 saturated carbocycles. The van der Waals surface area contributed by atoms with Crippen LogP contribution < -0.4 is 20.4 Å². The molecule has 0 unspecified atom stereocenters. The molecule has 8 nitrogen and oxygen atoms in total. The van der Waals surface area contributed by atoms with Crippen LogP contribution in [-0.2, 0) is 16.0 Å². The smallest absolute Gasteiger partial charge is 0.344 e. The van der Waals surface area contributed by atoms with Crippen LogP contribution in [0, 0.1) is 5.92 Å². The first kappa shape index (κ1) is 19.5. The van der Waals surface area contributed by atoms with Gasteiger partial charge in [0.25, 0.3) is 11.8 Å². The first-order valence-electron chi connectivity index (χ1n) is 10.3. The summed E-state index contributed by atoms with van der Waals surface area (Å²) in [5.41, 5.74) is 3.79. The maximum atomic E-state index is 12.9. The molecule has 1 saturated heterocycles. The third-order valence-electron chi connectivity index (χ3n) is 6.36. The number of rotatable bonds is 4. The van der Waals surface area contributed by atoms with Gasteiger partial charge in [0.05, 0.1) is 13.7 Å². The summed E-state index contributed by atoms with van der Waals surface area (Å²) in [7, 11) is 1.63. The Kier molecular flexibility index (Phi) is 5.10. The normalized spacial score (nSPS) is 26.3. The summed E-state index contributed by atoms with van der Waals surface area (Å²) in [4.78, 5) is 39.9. The van der Waals surface area contributed by atoms with Gasteiger partial charge in [-0.1, -0.05) is 6.92 Å². The number of nitrogens with zero attached hydrogens (tertiary/aromatic N) is 2. The molecular formula is C21H28N4O4. The van der Waals surface area contributed by atoms with Crippen LogP contribution in [-0.4, -0.2) is 48.6 Å². The zero-order valence-corrected chi connectivity index (χ0v) is 17.0. The van der Waals surface area contributed by atoms with Gasteiger partial charge in [0, 0.05) is 12.2 Å². The minimum absolute atomic E-state index is 0.0838. The summed E-state index contributed by atoms with van der Waals surface area (Å²) < 4.78 is 5.28. The number of ether oxygens (including phenoxy) is 1. The van der Waals surface area contributed by atoms with Gasteiger partial charge < -0.3 is 15.0 Å². The predicted molar refractivity (Wildman–Crippen MR) is 107 cm³/mol. The number of hydrazine groups is 1. The molecular weight excluding hydrogens is 372 g/mol. The average molecular weight is 400 g/mol. The minimum atomic E-state index is -0.856. The number of imide groups is 1. The molecule has 8 heteroatoms. The third-order valence-corrected chi connectivity index (χ3v) is 6.36. The van der Waals surface area contributed by atoms with Crippen LogP contribution in [0.15, 0.2) is 18.2 Å². The average Bonchev–Trinajstić information content (AvgIpc) is 2.94. The van der Waals surface area contributed by atoms with Crippen LogP contribution in [0.1, 0.15) is 44.6 Å². The van der Waals surface area contributed by atoms with E-state index < -0.39 is 11.6 Å². The highest BCUT2D eigenvalue weighted by Gasteiger charge is 2.52. The van der Waals surface area contributed by atoms with E-state index in [1.807, 2.05) is 23.1 Å². The van der Waals surface area contributed by atoms with Crippen molar-refractivity contribution >= 4 is 23.5 Å². The lowest BCUT2D eigenvalue weighted by Gasteiger charge is -2.33. The number of urea groups is 1. The number of nitrogens with one attached hydrogen (secondary N) is 2. The van der Waals surface area contributed by atoms with Crippen molar-refractivity contribution in [3.63, 3.8) is 0 Å². The molecule has 0 radical (unpaired) electrons. The fraction of sp³-hybridized carbons (Fsp3) is 0.571. The van der Waals surface area contributed by atoms with Crippen molar-refractivity contribution in [1.29, 1.82) is 0 Å². The largest absolute Gasteiger partial charge is 0.497 e. The molecule has 0 atom stereocenters. The molecule has 1 spiro atoms. The number of benzene rings is 1. The number of methoxy groups -OCH3 is 1. The van der Waals surface area contributed by atoms with E-state index in [1.54, 1.807) is 7.11 Å². The molecule has 4 amide bonds. The van der Waals surface area contributed by atoms with E-state index in [4.69, 9.17) is 4.74 Å². The van der Waals surface area contributed by atoms with Crippen molar-refractivity contribution in [2.75, 3.05) is 25.1 Å². The molecule has 1 aromatic rings. The molecule has 4 rings (SSSR count). The number of aryl methyl sites for hydroxylation is 1. The molecule has 2 fully saturated rings. The van der Waals surface area contributed by atoms with E-state index in [1.165, 1.54) is 0 Å². The fourth-order valence-electron chi connectivity index (χ4n) is 4.59. The maximum Gasteiger partial charge on any atom is 0.344 e. The SMILES string of the molecule is COc1ccc2c(c1)CCCN2CC(=O)NN1C(=O)NC2(CCC(C)CC2)C1=O. The molecule has 0 bridgehead atoms. The fourth-order valence-corrected chi connectivity index (χ4v) is 4.59. The number of hydrogen-bond acceptors (Lipinski definition) is 5. The summed E-state index contributed by atoms with van der Waals surface area (Å²) in [6.07, 6.45) is 4.87. The lowest BCUT2D eigenvalue weighted by Crippen LogP contribution is -2.53. The van der Waals surface area contributed by atoms with Gasteiger partial charge in [-0.3, -0.25) is 15.0 Å². The van der Waals surface area contributed by atoms with E-state index in [-0.39, 0.29) is 18.4 Å². The number of amides is 4. The Labute approximate surface area is 170 Å². The van der Waals surface area contributed by atoms with Gasteiger partial charge in [-0.05, 0) is 68.2 Å². The zero-order chi connectivity index (χ0) is 20.6. The summed E-state index contributed by atoms with van der Waals surface area (Å²) in [6.45, 7) is 2.98. The third kappa shape index (κ3) is 3.63. The highest BCUT2D eigenvalue weighted by Crippen LogP contribution is 2.36. The van der Waals surface area contributed by atoms with Crippen molar-refractivity contribution in [2.24, 2.45) is 5.92 Å². The van der Waals surface area contributed by atoms with Crippen molar-refractivity contribution in [1.82, 2.24) is 15.8 Å². The van der Waals surface area contributed by atoms with Crippen LogP contribution in [0.25, 0.3) is 0 Å². The highest BCUT2D eigenvalue weighted by molar-refractivity contribution is 6.08. The Morgan fingerprint density at radius 3 is 2.79 bits per heavy atom. The number of anilines is 1. The minimum Gasteiger partial charge on any atom is -0.497 e. The van der Waals surface area contributed by atoms with Gasteiger partial charge in [0.1, 0.15) is 11.3 Å². The van der Waals surface area contributed by atoms with Crippen LogP contribution in [0.3, 0.4) is 0 Å². The number of hydrogen-bond donors (Lipinski definition) is 2. The van der Waals surface area contributed by atoms with Crippen molar-refractivity contribution in [3.05, 3.63) is 23.8 Å². The standard InChI is InChI=1S/C21H28N4O4/c1-14-7-9-21(10-8-14)19(27)25(20(28)22-21)23-18(26)13-24-11-3-4-15-12-16(29-2)5-6-17(15)24/h5-6,12,14H,3-4,7-11,13H2,1-2H3,(H,22,28)(H,23,26). The first-order valence-corrected chi connectivity index (χ1v) is 10.3. The van der Waals surface area contributed by atoms with Gasteiger partial charge in [0.15, 0.2) is 0 Å². The molecule has 3 aliphatic rings. The number of carbonyl (C=O) groups is 3. The van der Waals surface area contributed by atoms with Crippen molar-refractivity contribution in [2.45, 2.75) is 51.0 Å². The highest BCUT2D eigenvalue weighted by atomic mass is 16.5. The van der Waals surface area contributed by atoms with Gasteiger partial charge >= 0.3 is 6.03 Å². The Balaban J connectivity index is 1.42. The summed E-state index contributed by atoms with van der Waals surface area (Å²) in [5.74, 6) is 0.623. The summed E-state index contributed by atoms with van der Waals surface area (Å²) in [6, 6.07) is 5.28. The molecule has 0 aromatic heterocycles. The van der Waals surface area contributed by atoms with Gasteiger partial charge in [-0.2, -0.15) is 5.01 Å². The second-order valence-electron chi connectivity index (χ2n) is 8.39. The van der Waals surface area contributed by atoms with Crippen molar-refractivity contribution in [3.8, 4) is 5.75 Å². The van der Waals surface area contributed by atoms with Gasteiger partial charge in [-0.25, -0.2) is 4.79 Å². The van der Waals surface area contributed by atoms with Crippen molar-refractivity contribution < 1.29 is 19.1 Å². The number of carbonyl (C=O) groups excluding carboxylic acids is 3. The molecule has 1 aliphatic carbocycles. The van der Waals surface area contributed by atoms with Gasteiger partial charge in [-0.15, -0.1) is 0 Å². The Hall–Kier alpha value is -2.77. The molecule has 2 heterocycles. The Morgan fingerprint density at radius 1 is 1.31 bits per heavy atom. The monoisotopic (exact) mass is 400 g/mol. The van der Waals surface area contributed by atoms with E-state index in [0.717, 1.165) is 54.2 Å². The van der Waals surface area contributed by atoms with Gasteiger partial charge in [0.2, 0.25) is 0 Å². The second-order valence-corrected chi connectivity index (χ2v) is 8.39. The zero-order valence-electron chi connectivity index (χ0n) is 17.0. The molecule has 1 aromatic carbocycles. The summed E-state index contributed by atoms with van der Waals surface area (Å²) in [5, 5.41) is 3.69. The lowest BCUT2D eigenvalue weighted by molar-refractivity contribution is -0.139. The van der Waals surface area contributed by atoms with Crippen LogP contribution in [0.5, 0.6) is 5.75 Å². The Bertz CT molecular complexity index is 832. The topological polar surface area (TPSA) is 91.0 Å². The van der Waals surface area contributed by atoms with E-state index in [9.17, 15) is 14.4 Å². The van der Waals surface area contributed by atoms with E-state index in [0.29, 0.717) is 18.8 Å². The molecule has 156 valence electrons. The number of fused-ring (bicyclic) bond motifs is 1. The Morgan fingerprint density at radius 2 is 2.07 bits per heavy atom. The predicted octanol–water partition coefficient (Wildman–Crippen LogP) is 1.98. The van der Waals surface area contributed by atoms with Crippen LogP contribution in [0.2, 0.25) is 0 Å². The maximum absolute atomic E-state index is 12.9. The molecule has 29 heavy (non-hydrogen) atoms. The first-order chi connectivity index (χ1) is 13.9. The van der Waals surface area contributed by atoms with Crippen LogP contribution in [0.4, 0.5) is 10.5 Å². The van der Waals surface area contributed by atoms with Crippen LogP contribution >= 0.6 is 0 Å². The van der Waals surface area contributed by atoms with E-state index in [2.05, 4.69) is 17.7 Å². The quantitative estimate of drug-likeness (QED) is 0.754. The van der Waals surface area contributed by atoms with E-state index >= 15 is 0 Å². The lowest BCUT2D eigenvalue weighted by atomic mass is 9.77.